The van der Waals surface area contributed by atoms with Crippen molar-refractivity contribution < 1.29 is 9.15 Å². The van der Waals surface area contributed by atoms with E-state index < -0.39 is 0 Å². The smallest absolute Gasteiger partial charge is 0.154 e. The molecule has 0 unspecified atom stereocenters. The monoisotopic (exact) mass is 656 g/mol. The molecule has 10 aromatic rings. The number of ether oxygens (including phenoxy) is 1. The van der Waals surface area contributed by atoms with Gasteiger partial charge in [-0.25, -0.2) is 0 Å². The van der Waals surface area contributed by atoms with Crippen molar-refractivity contribution in [3.05, 3.63) is 175 Å². The van der Waals surface area contributed by atoms with Crippen LogP contribution in [0.15, 0.2) is 174 Å². The van der Waals surface area contributed by atoms with Crippen LogP contribution in [0.2, 0.25) is 0 Å². The van der Waals surface area contributed by atoms with E-state index in [9.17, 15) is 0 Å². The van der Waals surface area contributed by atoms with Crippen LogP contribution in [0, 0.1) is 0 Å². The third-order valence-electron chi connectivity index (χ3n) is 10.1. The zero-order chi connectivity index (χ0) is 33.9. The van der Waals surface area contributed by atoms with Gasteiger partial charge >= 0.3 is 0 Å². The molecule has 8 aromatic carbocycles. The Morgan fingerprint density at radius 3 is 2.20 bits per heavy atom. The van der Waals surface area contributed by atoms with E-state index in [1.165, 1.54) is 32.7 Å². The molecule has 0 aliphatic rings. The summed E-state index contributed by atoms with van der Waals surface area (Å²) in [5.74, 6) is 0.637. The van der Waals surface area contributed by atoms with Crippen LogP contribution in [0.5, 0.6) is 5.75 Å². The van der Waals surface area contributed by atoms with Gasteiger partial charge in [-0.15, -0.1) is 0 Å². The molecule has 0 bridgehead atoms. The average Bonchev–Trinajstić information content (AvgIpc) is 3.74. The third kappa shape index (κ3) is 4.76. The van der Waals surface area contributed by atoms with E-state index in [0.717, 1.165) is 55.3 Å². The summed E-state index contributed by atoms with van der Waals surface area (Å²) in [6.45, 7) is 0.343. The number of anilines is 1. The highest BCUT2D eigenvalue weighted by Crippen LogP contribution is 2.43. The van der Waals surface area contributed by atoms with E-state index >= 15 is 0 Å². The summed E-state index contributed by atoms with van der Waals surface area (Å²) < 4.78 is 15.7. The van der Waals surface area contributed by atoms with Gasteiger partial charge in [0.25, 0.3) is 0 Å². The van der Waals surface area contributed by atoms with Crippen molar-refractivity contribution in [2.24, 2.45) is 0 Å². The lowest BCUT2D eigenvalue weighted by molar-refractivity contribution is 0.313. The largest absolute Gasteiger partial charge is 0.486 e. The number of nitrogen functional groups attached to an aromatic ring is 1. The fourth-order valence-corrected chi connectivity index (χ4v) is 7.71. The predicted molar refractivity (Wildman–Crippen MR) is 212 cm³/mol. The molecule has 2 N–H and O–H groups in total. The number of aromatic nitrogens is 1. The molecule has 0 aliphatic carbocycles. The molecular formula is C47H32N2O2. The summed E-state index contributed by atoms with van der Waals surface area (Å²) in [6.07, 6.45) is 0. The summed E-state index contributed by atoms with van der Waals surface area (Å²) >= 11 is 0. The minimum absolute atomic E-state index is 0.343. The Kier molecular flexibility index (Phi) is 6.68. The van der Waals surface area contributed by atoms with E-state index in [2.05, 4.69) is 162 Å². The molecule has 10 rings (SSSR count). The first-order chi connectivity index (χ1) is 25.2. The normalized spacial score (nSPS) is 11.7. The second-order valence-corrected chi connectivity index (χ2v) is 13.1. The summed E-state index contributed by atoms with van der Waals surface area (Å²) in [5, 5.41) is 6.61. The van der Waals surface area contributed by atoms with Crippen molar-refractivity contribution in [1.82, 2.24) is 4.57 Å². The van der Waals surface area contributed by atoms with Gasteiger partial charge in [0.05, 0.1) is 22.1 Å². The summed E-state index contributed by atoms with van der Waals surface area (Å²) in [7, 11) is 0. The van der Waals surface area contributed by atoms with Crippen LogP contribution in [0.25, 0.3) is 82.5 Å². The zero-order valence-corrected chi connectivity index (χ0v) is 27.7. The third-order valence-corrected chi connectivity index (χ3v) is 10.1. The first-order valence-corrected chi connectivity index (χ1v) is 17.2. The quantitative estimate of drug-likeness (QED) is 0.181. The van der Waals surface area contributed by atoms with Crippen molar-refractivity contribution in [2.75, 3.05) is 5.73 Å². The molecule has 4 heteroatoms. The number of hydrogen-bond donors (Lipinski definition) is 1. The Hall–Kier alpha value is -6.78. The van der Waals surface area contributed by atoms with Crippen molar-refractivity contribution in [3.63, 3.8) is 0 Å². The van der Waals surface area contributed by atoms with Crippen molar-refractivity contribution in [3.8, 4) is 33.7 Å². The maximum absolute atomic E-state index is 6.76. The Morgan fingerprint density at radius 1 is 0.529 bits per heavy atom. The van der Waals surface area contributed by atoms with Crippen molar-refractivity contribution >= 4 is 60.2 Å². The zero-order valence-electron chi connectivity index (χ0n) is 27.7. The predicted octanol–water partition coefficient (Wildman–Crippen LogP) is 12.3. The molecule has 0 saturated heterocycles. The molecular weight excluding hydrogens is 625 g/mol. The molecule has 2 heterocycles. The van der Waals surface area contributed by atoms with Gasteiger partial charge in [0.15, 0.2) is 5.75 Å². The maximum atomic E-state index is 6.76. The maximum Gasteiger partial charge on any atom is 0.154 e. The highest BCUT2D eigenvalue weighted by atomic mass is 16.5. The molecule has 0 radical (unpaired) electrons. The molecule has 0 saturated carbocycles. The van der Waals surface area contributed by atoms with Crippen molar-refractivity contribution in [2.45, 2.75) is 6.61 Å². The Bertz CT molecular complexity index is 2930. The van der Waals surface area contributed by atoms with E-state index in [1.54, 1.807) is 0 Å². The number of benzene rings is 8. The van der Waals surface area contributed by atoms with E-state index in [1.807, 2.05) is 12.1 Å². The lowest BCUT2D eigenvalue weighted by Crippen LogP contribution is -2.00. The van der Waals surface area contributed by atoms with Crippen LogP contribution < -0.4 is 10.5 Å². The molecule has 0 atom stereocenters. The minimum atomic E-state index is 0.343. The summed E-state index contributed by atoms with van der Waals surface area (Å²) in [6, 6.07) is 59.4. The first-order valence-electron chi connectivity index (χ1n) is 17.2. The lowest BCUT2D eigenvalue weighted by atomic mass is 9.99. The number of nitrogens with two attached hydrogens (primary N) is 1. The van der Waals surface area contributed by atoms with Gasteiger partial charge in [0, 0.05) is 27.4 Å². The second kappa shape index (κ2) is 11.7. The molecule has 51 heavy (non-hydrogen) atoms. The van der Waals surface area contributed by atoms with Crippen molar-refractivity contribution in [1.29, 1.82) is 0 Å². The van der Waals surface area contributed by atoms with Crippen LogP contribution in [0.3, 0.4) is 0 Å². The summed E-state index contributed by atoms with van der Waals surface area (Å²) in [5.41, 5.74) is 17.8. The van der Waals surface area contributed by atoms with Crippen LogP contribution in [0.4, 0.5) is 5.69 Å². The molecule has 0 fully saturated rings. The topological polar surface area (TPSA) is 53.3 Å². The average molecular weight is 657 g/mol. The number of furan rings is 1. The molecule has 0 amide bonds. The summed E-state index contributed by atoms with van der Waals surface area (Å²) in [4.78, 5) is 0. The SMILES string of the molecule is Nc1ccc2oc3c(-c4ccc5ccccc5c4)cccc3c2c1OCc1cccc2c1c1ccccc1n2-c1cccc(-c2ccccc2)c1. The Morgan fingerprint density at radius 2 is 1.27 bits per heavy atom. The lowest BCUT2D eigenvalue weighted by Gasteiger charge is -2.12. The Balaban J connectivity index is 1.08. The van der Waals surface area contributed by atoms with Crippen LogP contribution in [0.1, 0.15) is 5.56 Å². The standard InChI is InChI=1S/C47H32N2O2/c48-40-25-26-43-45(39-20-10-19-37(46(39)51-43)34-24-23-31-13-4-5-14-32(31)27-34)47(40)50-29-35-16-9-22-42-44(35)38-18-6-7-21-41(38)49(42)36-17-8-15-33(28-36)30-11-2-1-3-12-30/h1-28H,29,48H2. The molecule has 4 nitrogen and oxygen atoms in total. The number of rotatable bonds is 6. The van der Waals surface area contributed by atoms with Crippen LogP contribution in [-0.4, -0.2) is 4.57 Å². The molecule has 0 spiro atoms. The highest BCUT2D eigenvalue weighted by Gasteiger charge is 2.20. The number of hydrogen-bond acceptors (Lipinski definition) is 3. The molecule has 242 valence electrons. The fourth-order valence-electron chi connectivity index (χ4n) is 7.71. The van der Waals surface area contributed by atoms with E-state index in [4.69, 9.17) is 14.9 Å². The van der Waals surface area contributed by atoms with E-state index in [-0.39, 0.29) is 0 Å². The van der Waals surface area contributed by atoms with Crippen LogP contribution in [-0.2, 0) is 6.61 Å². The van der Waals surface area contributed by atoms with Crippen LogP contribution >= 0.6 is 0 Å². The van der Waals surface area contributed by atoms with Gasteiger partial charge in [-0.1, -0.05) is 127 Å². The first kappa shape index (κ1) is 29.2. The Labute approximate surface area is 294 Å². The number of fused-ring (bicyclic) bond motifs is 7. The minimum Gasteiger partial charge on any atom is -0.486 e. The second-order valence-electron chi connectivity index (χ2n) is 13.1. The molecule has 2 aromatic heterocycles. The number of nitrogens with zero attached hydrogens (tertiary/aromatic N) is 1. The van der Waals surface area contributed by atoms with Gasteiger partial charge in [-0.3, -0.25) is 0 Å². The molecule has 0 aliphatic heterocycles. The van der Waals surface area contributed by atoms with Gasteiger partial charge in [-0.05, 0) is 75.5 Å². The fraction of sp³-hybridized carbons (Fsp3) is 0.0213. The highest BCUT2D eigenvalue weighted by molar-refractivity contribution is 6.14. The van der Waals surface area contributed by atoms with Gasteiger partial charge in [0.1, 0.15) is 17.8 Å². The van der Waals surface area contributed by atoms with Gasteiger partial charge < -0.3 is 19.5 Å². The number of para-hydroxylation sites is 2. The van der Waals surface area contributed by atoms with E-state index in [0.29, 0.717) is 18.0 Å². The van der Waals surface area contributed by atoms with Gasteiger partial charge in [-0.2, -0.15) is 0 Å². The van der Waals surface area contributed by atoms with Gasteiger partial charge in [0.2, 0.25) is 0 Å².